The fraction of sp³-hybridized carbons (Fsp3) is 0.400. The molecule has 1 aliphatic rings. The number of amides is 3. The molecule has 1 saturated carbocycles. The van der Waals surface area contributed by atoms with Crippen molar-refractivity contribution in [3.05, 3.63) is 40.4 Å². The number of carbonyl (C=O) groups is 3. The van der Waals surface area contributed by atoms with Crippen molar-refractivity contribution < 1.29 is 19.5 Å². The summed E-state index contributed by atoms with van der Waals surface area (Å²) in [5.74, 6) is 0.116. The molecular weight excluding hydrogens is 392 g/mol. The van der Waals surface area contributed by atoms with Gasteiger partial charge in [-0.1, -0.05) is 24.5 Å². The summed E-state index contributed by atoms with van der Waals surface area (Å²) in [7, 11) is 0. The number of aryl methyl sites for hydroxylation is 1. The molecule has 0 bridgehead atoms. The molecule has 8 nitrogen and oxygen atoms in total. The second kappa shape index (κ2) is 9.51. The maximum absolute atomic E-state index is 12.9. The van der Waals surface area contributed by atoms with Gasteiger partial charge in [0.2, 0.25) is 0 Å². The van der Waals surface area contributed by atoms with Gasteiger partial charge in [-0.2, -0.15) is 0 Å². The predicted octanol–water partition coefficient (Wildman–Crippen LogP) is 4.28. The number of thiazole rings is 1. The monoisotopic (exact) mass is 416 g/mol. The third-order valence-electron chi connectivity index (χ3n) is 4.84. The van der Waals surface area contributed by atoms with E-state index in [0.717, 1.165) is 36.1 Å². The first-order chi connectivity index (χ1) is 13.9. The quantitative estimate of drug-likeness (QED) is 0.502. The van der Waals surface area contributed by atoms with Crippen molar-refractivity contribution in [2.45, 2.75) is 39.0 Å². The number of nitrogens with zero attached hydrogens (tertiary/aromatic N) is 1. The average molecular weight is 417 g/mol. The molecule has 4 N–H and O–H groups in total. The molecule has 29 heavy (non-hydrogen) atoms. The van der Waals surface area contributed by atoms with Gasteiger partial charge in [0.05, 0.1) is 5.69 Å². The number of aromatic nitrogens is 1. The van der Waals surface area contributed by atoms with E-state index in [0.29, 0.717) is 22.8 Å². The zero-order valence-electron chi connectivity index (χ0n) is 16.2. The lowest BCUT2D eigenvalue weighted by Crippen LogP contribution is -2.23. The van der Waals surface area contributed by atoms with Crippen molar-refractivity contribution >= 4 is 40.1 Å². The maximum atomic E-state index is 12.9. The second-order valence-electron chi connectivity index (χ2n) is 7.09. The highest BCUT2D eigenvalue weighted by atomic mass is 32.1. The van der Waals surface area contributed by atoms with Crippen LogP contribution in [0.1, 0.15) is 46.5 Å². The molecule has 154 valence electrons. The Morgan fingerprint density at radius 2 is 1.97 bits per heavy atom. The largest absolute Gasteiger partial charge is 0.465 e. The molecule has 1 fully saturated rings. The standard InChI is InChI=1S/C20H24N4O4S/c1-12-6-7-16(15(10-12)17(25)13-4-2-3-5-13)23-18(26)24-19-22-11-14(29-19)8-9-21-20(27)28/h6-7,10-11,13,21H,2-5,8-9H2,1H3,(H,27,28)(H2,22,23,24,26). The molecule has 0 radical (unpaired) electrons. The van der Waals surface area contributed by atoms with Crippen molar-refractivity contribution in [1.29, 1.82) is 0 Å². The number of urea groups is 1. The van der Waals surface area contributed by atoms with Crippen LogP contribution in [0.4, 0.5) is 20.4 Å². The zero-order chi connectivity index (χ0) is 20.8. The Kier molecular flexibility index (Phi) is 6.82. The average Bonchev–Trinajstić information content (AvgIpc) is 3.34. The molecule has 0 saturated heterocycles. The predicted molar refractivity (Wildman–Crippen MR) is 112 cm³/mol. The summed E-state index contributed by atoms with van der Waals surface area (Å²) < 4.78 is 0. The Bertz CT molecular complexity index is 906. The summed E-state index contributed by atoms with van der Waals surface area (Å²) in [6.45, 7) is 2.20. The number of carboxylic acid groups (broad SMARTS) is 1. The Balaban J connectivity index is 1.63. The van der Waals surface area contributed by atoms with Gasteiger partial charge in [-0.25, -0.2) is 14.6 Å². The second-order valence-corrected chi connectivity index (χ2v) is 8.20. The van der Waals surface area contributed by atoms with Gasteiger partial charge in [-0.3, -0.25) is 10.1 Å². The van der Waals surface area contributed by atoms with Crippen LogP contribution in [-0.4, -0.2) is 34.5 Å². The lowest BCUT2D eigenvalue weighted by molar-refractivity contribution is 0.0923. The van der Waals surface area contributed by atoms with Gasteiger partial charge < -0.3 is 15.7 Å². The van der Waals surface area contributed by atoms with Gasteiger partial charge in [-0.05, 0) is 31.9 Å². The number of benzene rings is 1. The molecule has 9 heteroatoms. The van der Waals surface area contributed by atoms with Crippen molar-refractivity contribution in [3.63, 3.8) is 0 Å². The van der Waals surface area contributed by atoms with E-state index in [4.69, 9.17) is 5.11 Å². The molecule has 1 aromatic heterocycles. The van der Waals surface area contributed by atoms with Crippen LogP contribution in [0.3, 0.4) is 0 Å². The number of hydrogen-bond donors (Lipinski definition) is 4. The van der Waals surface area contributed by atoms with Crippen LogP contribution in [0.15, 0.2) is 24.4 Å². The fourth-order valence-electron chi connectivity index (χ4n) is 3.40. The summed E-state index contributed by atoms with van der Waals surface area (Å²) in [5.41, 5.74) is 2.01. The van der Waals surface area contributed by atoms with Gasteiger partial charge in [0.15, 0.2) is 10.9 Å². The van der Waals surface area contributed by atoms with E-state index in [1.807, 2.05) is 19.1 Å². The molecule has 0 aliphatic heterocycles. The van der Waals surface area contributed by atoms with Gasteiger partial charge in [-0.15, -0.1) is 11.3 Å². The van der Waals surface area contributed by atoms with Crippen LogP contribution in [0, 0.1) is 12.8 Å². The highest BCUT2D eigenvalue weighted by Crippen LogP contribution is 2.31. The number of carbonyl (C=O) groups excluding carboxylic acids is 2. The van der Waals surface area contributed by atoms with E-state index in [9.17, 15) is 14.4 Å². The van der Waals surface area contributed by atoms with Crippen LogP contribution in [0.2, 0.25) is 0 Å². The number of nitrogens with one attached hydrogen (secondary N) is 3. The topological polar surface area (TPSA) is 120 Å². The molecule has 3 rings (SSSR count). The number of ketones is 1. The van der Waals surface area contributed by atoms with E-state index in [2.05, 4.69) is 20.9 Å². The lowest BCUT2D eigenvalue weighted by Gasteiger charge is -2.14. The van der Waals surface area contributed by atoms with Gasteiger partial charge in [0.1, 0.15) is 0 Å². The van der Waals surface area contributed by atoms with E-state index in [-0.39, 0.29) is 18.2 Å². The number of rotatable bonds is 7. The molecule has 1 heterocycles. The maximum Gasteiger partial charge on any atom is 0.404 e. The Hall–Kier alpha value is -2.94. The van der Waals surface area contributed by atoms with E-state index in [1.165, 1.54) is 11.3 Å². The minimum Gasteiger partial charge on any atom is -0.465 e. The third-order valence-corrected chi connectivity index (χ3v) is 5.81. The van der Waals surface area contributed by atoms with Gasteiger partial charge in [0.25, 0.3) is 0 Å². The molecule has 1 aromatic carbocycles. The van der Waals surface area contributed by atoms with E-state index in [1.54, 1.807) is 12.3 Å². The van der Waals surface area contributed by atoms with Crippen molar-refractivity contribution in [2.75, 3.05) is 17.2 Å². The Morgan fingerprint density at radius 3 is 2.69 bits per heavy atom. The van der Waals surface area contributed by atoms with Crippen LogP contribution in [0.5, 0.6) is 0 Å². The van der Waals surface area contributed by atoms with Crippen LogP contribution in [0.25, 0.3) is 0 Å². The molecular formula is C20H24N4O4S. The normalized spacial score (nSPS) is 13.8. The summed E-state index contributed by atoms with van der Waals surface area (Å²) in [4.78, 5) is 40.8. The lowest BCUT2D eigenvalue weighted by atomic mass is 9.94. The molecule has 0 atom stereocenters. The van der Waals surface area contributed by atoms with E-state index >= 15 is 0 Å². The summed E-state index contributed by atoms with van der Waals surface area (Å²) in [6, 6.07) is 4.96. The first-order valence-corrected chi connectivity index (χ1v) is 10.4. The van der Waals surface area contributed by atoms with Crippen LogP contribution >= 0.6 is 11.3 Å². The molecule has 0 unspecified atom stereocenters. The first-order valence-electron chi connectivity index (χ1n) is 9.57. The minimum atomic E-state index is -1.08. The highest BCUT2D eigenvalue weighted by Gasteiger charge is 2.26. The Labute approximate surface area is 172 Å². The minimum absolute atomic E-state index is 0.0290. The van der Waals surface area contributed by atoms with E-state index < -0.39 is 12.1 Å². The van der Waals surface area contributed by atoms with Crippen molar-refractivity contribution in [1.82, 2.24) is 10.3 Å². The zero-order valence-corrected chi connectivity index (χ0v) is 17.0. The summed E-state index contributed by atoms with van der Waals surface area (Å²) >= 11 is 1.27. The Morgan fingerprint density at radius 1 is 1.21 bits per heavy atom. The number of anilines is 2. The van der Waals surface area contributed by atoms with Gasteiger partial charge in [0, 0.05) is 35.5 Å². The third kappa shape index (κ3) is 5.77. The summed E-state index contributed by atoms with van der Waals surface area (Å²) in [6.07, 6.45) is 4.96. The molecule has 1 aliphatic carbocycles. The van der Waals surface area contributed by atoms with Gasteiger partial charge >= 0.3 is 12.1 Å². The van der Waals surface area contributed by atoms with Crippen molar-refractivity contribution in [2.24, 2.45) is 5.92 Å². The number of hydrogen-bond acceptors (Lipinski definition) is 5. The summed E-state index contributed by atoms with van der Waals surface area (Å²) in [5, 5.41) is 16.7. The fourth-order valence-corrected chi connectivity index (χ4v) is 4.21. The molecule has 2 aromatic rings. The SMILES string of the molecule is Cc1ccc(NC(=O)Nc2ncc(CCNC(=O)O)s2)c(C(=O)C2CCCC2)c1. The highest BCUT2D eigenvalue weighted by molar-refractivity contribution is 7.15. The smallest absolute Gasteiger partial charge is 0.404 e. The molecule has 0 spiro atoms. The van der Waals surface area contributed by atoms with Crippen molar-refractivity contribution in [3.8, 4) is 0 Å². The molecule has 3 amide bonds. The first kappa shape index (κ1) is 20.8. The number of Topliss-reactive ketones (excluding diaryl/α,β-unsaturated/α-hetero) is 1. The van der Waals surface area contributed by atoms with Crippen LogP contribution < -0.4 is 16.0 Å². The van der Waals surface area contributed by atoms with Crippen LogP contribution in [-0.2, 0) is 6.42 Å².